The maximum atomic E-state index is 10.2. The Kier molecular flexibility index (Phi) is 4.87. The minimum Gasteiger partial charge on any atom is -0.369 e. The van der Waals surface area contributed by atoms with Crippen LogP contribution in [0.2, 0.25) is 0 Å². The number of nitrogens with one attached hydrogen (secondary N) is 2. The first-order chi connectivity index (χ1) is 9.72. The van der Waals surface area contributed by atoms with Crippen LogP contribution in [0.5, 0.6) is 0 Å². The Labute approximate surface area is 118 Å². The van der Waals surface area contributed by atoms with Gasteiger partial charge < -0.3 is 10.6 Å². The number of para-hydroxylation sites is 1. The lowest BCUT2D eigenvalue weighted by Gasteiger charge is -2.12. The third kappa shape index (κ3) is 3.44. The van der Waals surface area contributed by atoms with Crippen molar-refractivity contribution in [3.8, 4) is 0 Å². The number of carbonyl (C=O) groups excluding carboxylic acids is 1. The highest BCUT2D eigenvalue weighted by Gasteiger charge is 2.09. The minimum absolute atomic E-state index is 0.289. The molecule has 1 aromatic heterocycles. The molecule has 0 atom stereocenters. The van der Waals surface area contributed by atoms with Crippen molar-refractivity contribution in [3.05, 3.63) is 30.1 Å². The van der Waals surface area contributed by atoms with Gasteiger partial charge in [-0.3, -0.25) is 4.79 Å². The predicted molar refractivity (Wildman–Crippen MR) is 80.8 cm³/mol. The molecule has 0 spiro atoms. The summed E-state index contributed by atoms with van der Waals surface area (Å²) in [6.45, 7) is 5.60. The molecule has 0 radical (unpaired) electrons. The second-order valence-electron chi connectivity index (χ2n) is 4.95. The molecule has 0 saturated heterocycles. The minimum atomic E-state index is 0.289. The maximum absolute atomic E-state index is 10.2. The highest BCUT2D eigenvalue weighted by molar-refractivity contribution is 5.89. The van der Waals surface area contributed by atoms with E-state index in [1.165, 1.54) is 0 Å². The largest absolute Gasteiger partial charge is 0.369 e. The molecule has 1 heterocycles. The van der Waals surface area contributed by atoms with Crippen molar-refractivity contribution in [3.63, 3.8) is 0 Å². The Bertz CT molecular complexity index is 583. The topological polar surface area (TPSA) is 66.9 Å². The second-order valence-corrected chi connectivity index (χ2v) is 4.95. The van der Waals surface area contributed by atoms with Gasteiger partial charge in [-0.25, -0.2) is 9.97 Å². The third-order valence-corrected chi connectivity index (χ3v) is 3.01. The number of carbonyl (C=O) groups is 1. The third-order valence-electron chi connectivity index (χ3n) is 3.01. The fourth-order valence-corrected chi connectivity index (χ4v) is 1.94. The molecule has 5 nitrogen and oxygen atoms in total. The molecule has 0 aliphatic carbocycles. The summed E-state index contributed by atoms with van der Waals surface area (Å²) in [5.74, 6) is 2.00. The van der Waals surface area contributed by atoms with Crippen LogP contribution in [0.3, 0.4) is 0 Å². The zero-order chi connectivity index (χ0) is 14.4. The quantitative estimate of drug-likeness (QED) is 0.599. The highest BCUT2D eigenvalue weighted by Crippen LogP contribution is 2.22. The van der Waals surface area contributed by atoms with Crippen molar-refractivity contribution in [2.24, 2.45) is 0 Å². The number of rotatable bonds is 7. The molecule has 1 amide bonds. The molecular formula is C15H20N4O. The average molecular weight is 272 g/mol. The summed E-state index contributed by atoms with van der Waals surface area (Å²) in [5.41, 5.74) is 0.958. The van der Waals surface area contributed by atoms with E-state index in [2.05, 4.69) is 34.4 Å². The summed E-state index contributed by atoms with van der Waals surface area (Å²) in [6.07, 6.45) is 1.57. The van der Waals surface area contributed by atoms with Crippen molar-refractivity contribution in [1.29, 1.82) is 0 Å². The molecule has 2 rings (SSSR count). The zero-order valence-electron chi connectivity index (χ0n) is 11.9. The Morgan fingerprint density at radius 3 is 2.75 bits per heavy atom. The molecule has 0 aliphatic rings. The van der Waals surface area contributed by atoms with E-state index in [0.29, 0.717) is 6.54 Å². The molecule has 20 heavy (non-hydrogen) atoms. The summed E-state index contributed by atoms with van der Waals surface area (Å²) >= 11 is 0. The van der Waals surface area contributed by atoms with Crippen molar-refractivity contribution < 1.29 is 4.79 Å². The Hall–Kier alpha value is -2.17. The molecule has 106 valence electrons. The van der Waals surface area contributed by atoms with Crippen molar-refractivity contribution >= 4 is 23.1 Å². The lowest BCUT2D eigenvalue weighted by atomic mass is 10.1. The molecule has 0 unspecified atom stereocenters. The van der Waals surface area contributed by atoms with Gasteiger partial charge in [-0.1, -0.05) is 26.0 Å². The van der Waals surface area contributed by atoms with Crippen LogP contribution in [0.15, 0.2) is 24.3 Å². The first-order valence-electron chi connectivity index (χ1n) is 6.90. The lowest BCUT2D eigenvalue weighted by Crippen LogP contribution is -2.16. The summed E-state index contributed by atoms with van der Waals surface area (Å²) in [6, 6.07) is 7.99. The van der Waals surface area contributed by atoms with Crippen LogP contribution in [0, 0.1) is 0 Å². The SMILES string of the molecule is CC(C)c1nc(NCCCNC=O)c2ccccc2n1. The van der Waals surface area contributed by atoms with Gasteiger partial charge in [0, 0.05) is 24.4 Å². The van der Waals surface area contributed by atoms with E-state index in [-0.39, 0.29) is 5.92 Å². The fourth-order valence-electron chi connectivity index (χ4n) is 1.94. The van der Waals surface area contributed by atoms with Crippen LogP contribution >= 0.6 is 0 Å². The van der Waals surface area contributed by atoms with E-state index < -0.39 is 0 Å². The van der Waals surface area contributed by atoms with Gasteiger partial charge in [-0.15, -0.1) is 0 Å². The van der Waals surface area contributed by atoms with Crippen molar-refractivity contribution in [2.75, 3.05) is 18.4 Å². The molecular weight excluding hydrogens is 252 g/mol. The van der Waals surface area contributed by atoms with Crippen LogP contribution in [-0.4, -0.2) is 29.5 Å². The number of benzene rings is 1. The van der Waals surface area contributed by atoms with Crippen LogP contribution in [0.25, 0.3) is 10.9 Å². The standard InChI is InChI=1S/C15H20N4O/c1-11(2)14-18-13-7-4-3-6-12(13)15(19-14)17-9-5-8-16-10-20/h3-4,6-7,10-11H,5,8-9H2,1-2H3,(H,16,20)(H,17,18,19). The van der Waals surface area contributed by atoms with Gasteiger partial charge in [0.25, 0.3) is 0 Å². The first-order valence-corrected chi connectivity index (χ1v) is 6.90. The number of hydrogen-bond acceptors (Lipinski definition) is 4. The number of amides is 1. The van der Waals surface area contributed by atoms with E-state index in [4.69, 9.17) is 0 Å². The maximum Gasteiger partial charge on any atom is 0.207 e. The molecule has 2 N–H and O–H groups in total. The summed E-state index contributed by atoms with van der Waals surface area (Å²) in [5, 5.41) is 7.01. The normalized spacial score (nSPS) is 10.8. The molecule has 0 saturated carbocycles. The van der Waals surface area contributed by atoms with E-state index in [0.717, 1.165) is 41.9 Å². The molecule has 2 aromatic rings. The van der Waals surface area contributed by atoms with Gasteiger partial charge in [-0.2, -0.15) is 0 Å². The molecule has 0 fully saturated rings. The Morgan fingerprint density at radius 2 is 2.00 bits per heavy atom. The monoisotopic (exact) mass is 272 g/mol. The van der Waals surface area contributed by atoms with E-state index in [1.807, 2.05) is 24.3 Å². The number of anilines is 1. The number of nitrogens with zero attached hydrogens (tertiary/aromatic N) is 2. The average Bonchev–Trinajstić information content (AvgIpc) is 2.46. The fraction of sp³-hybridized carbons (Fsp3) is 0.400. The van der Waals surface area contributed by atoms with Gasteiger partial charge in [0.05, 0.1) is 5.52 Å². The second kappa shape index (κ2) is 6.84. The smallest absolute Gasteiger partial charge is 0.207 e. The molecule has 0 bridgehead atoms. The number of fused-ring (bicyclic) bond motifs is 1. The first kappa shape index (κ1) is 14.2. The van der Waals surface area contributed by atoms with Crippen molar-refractivity contribution in [2.45, 2.75) is 26.2 Å². The van der Waals surface area contributed by atoms with Crippen LogP contribution in [0.1, 0.15) is 32.0 Å². The van der Waals surface area contributed by atoms with E-state index >= 15 is 0 Å². The predicted octanol–water partition coefficient (Wildman–Crippen LogP) is 2.30. The number of hydrogen-bond donors (Lipinski definition) is 2. The van der Waals surface area contributed by atoms with Crippen LogP contribution in [0.4, 0.5) is 5.82 Å². The van der Waals surface area contributed by atoms with Crippen LogP contribution in [-0.2, 0) is 4.79 Å². The Balaban J connectivity index is 2.19. The molecule has 1 aromatic carbocycles. The van der Waals surface area contributed by atoms with Gasteiger partial charge in [0.15, 0.2) is 0 Å². The molecule has 5 heteroatoms. The van der Waals surface area contributed by atoms with Gasteiger partial charge in [0.2, 0.25) is 6.41 Å². The van der Waals surface area contributed by atoms with Gasteiger partial charge in [0.1, 0.15) is 11.6 Å². The summed E-state index contributed by atoms with van der Waals surface area (Å²) in [4.78, 5) is 19.4. The summed E-state index contributed by atoms with van der Waals surface area (Å²) < 4.78 is 0. The van der Waals surface area contributed by atoms with Gasteiger partial charge >= 0.3 is 0 Å². The summed E-state index contributed by atoms with van der Waals surface area (Å²) in [7, 11) is 0. The van der Waals surface area contributed by atoms with Crippen LogP contribution < -0.4 is 10.6 Å². The lowest BCUT2D eigenvalue weighted by molar-refractivity contribution is -0.109. The van der Waals surface area contributed by atoms with E-state index in [1.54, 1.807) is 0 Å². The highest BCUT2D eigenvalue weighted by atomic mass is 16.1. The molecule has 0 aliphatic heterocycles. The zero-order valence-corrected chi connectivity index (χ0v) is 11.9. The van der Waals surface area contributed by atoms with E-state index in [9.17, 15) is 4.79 Å². The number of aromatic nitrogens is 2. The van der Waals surface area contributed by atoms with Gasteiger partial charge in [-0.05, 0) is 18.6 Å². The van der Waals surface area contributed by atoms with Crippen molar-refractivity contribution in [1.82, 2.24) is 15.3 Å². The Morgan fingerprint density at radius 1 is 1.20 bits per heavy atom.